The van der Waals surface area contributed by atoms with Gasteiger partial charge in [-0.3, -0.25) is 9.69 Å². The number of hydrogen-bond donors (Lipinski definition) is 0. The molecule has 24 heavy (non-hydrogen) atoms. The van der Waals surface area contributed by atoms with Crippen molar-refractivity contribution in [2.45, 2.75) is 20.3 Å². The zero-order valence-electron chi connectivity index (χ0n) is 13.9. The summed E-state index contributed by atoms with van der Waals surface area (Å²) in [5.41, 5.74) is 0.876. The first-order valence-corrected chi connectivity index (χ1v) is 9.09. The Bertz CT molecular complexity index is 670. The third-order valence-electron chi connectivity index (χ3n) is 3.21. The van der Waals surface area contributed by atoms with Crippen LogP contribution in [0.5, 0.6) is 11.5 Å². The van der Waals surface area contributed by atoms with Crippen molar-refractivity contribution in [3.63, 3.8) is 0 Å². The molecule has 1 aromatic carbocycles. The number of benzene rings is 1. The van der Waals surface area contributed by atoms with Gasteiger partial charge in [0.1, 0.15) is 4.32 Å². The van der Waals surface area contributed by atoms with Gasteiger partial charge in [0, 0.05) is 6.54 Å². The van der Waals surface area contributed by atoms with Crippen molar-refractivity contribution in [2.24, 2.45) is 0 Å². The molecule has 1 aliphatic rings. The lowest BCUT2D eigenvalue weighted by Crippen LogP contribution is -2.27. The second kappa shape index (κ2) is 8.89. The average Bonchev–Trinajstić information content (AvgIpc) is 2.82. The maximum atomic E-state index is 12.4. The molecule has 0 unspecified atom stereocenters. The number of ether oxygens (including phenoxy) is 2. The number of amides is 1. The molecule has 0 aliphatic carbocycles. The number of carbonyl (C=O) groups excluding carboxylic acids is 1. The van der Waals surface area contributed by atoms with Crippen LogP contribution in [0.15, 0.2) is 35.8 Å². The molecule has 4 nitrogen and oxygen atoms in total. The quantitative estimate of drug-likeness (QED) is 0.392. The Kier molecular flexibility index (Phi) is 6.87. The second-order valence-electron chi connectivity index (χ2n) is 5.07. The summed E-state index contributed by atoms with van der Waals surface area (Å²) in [5, 5.41) is 0. The van der Waals surface area contributed by atoms with E-state index in [1.807, 2.05) is 31.2 Å². The van der Waals surface area contributed by atoms with E-state index >= 15 is 0 Å². The Balaban J connectivity index is 2.26. The Morgan fingerprint density at radius 1 is 1.29 bits per heavy atom. The summed E-state index contributed by atoms with van der Waals surface area (Å²) in [4.78, 5) is 14.5. The average molecular weight is 364 g/mol. The van der Waals surface area contributed by atoms with Crippen LogP contribution in [0.4, 0.5) is 0 Å². The normalized spacial score (nSPS) is 15.9. The molecule has 0 bridgehead atoms. The van der Waals surface area contributed by atoms with E-state index in [0.29, 0.717) is 34.7 Å². The smallest absolute Gasteiger partial charge is 0.266 e. The molecule has 0 atom stereocenters. The lowest BCUT2D eigenvalue weighted by Gasteiger charge is -2.12. The van der Waals surface area contributed by atoms with Gasteiger partial charge < -0.3 is 9.47 Å². The molecular weight excluding hydrogens is 342 g/mol. The predicted molar refractivity (Wildman–Crippen MR) is 103 cm³/mol. The van der Waals surface area contributed by atoms with Gasteiger partial charge in [-0.1, -0.05) is 43.0 Å². The Morgan fingerprint density at radius 2 is 2.08 bits per heavy atom. The van der Waals surface area contributed by atoms with Gasteiger partial charge in [-0.15, -0.1) is 6.58 Å². The van der Waals surface area contributed by atoms with Crippen molar-refractivity contribution in [2.75, 3.05) is 19.8 Å². The Labute approximate surface area is 152 Å². The van der Waals surface area contributed by atoms with Crippen LogP contribution < -0.4 is 9.47 Å². The van der Waals surface area contributed by atoms with Crippen LogP contribution in [0.1, 0.15) is 25.8 Å². The molecule has 1 aromatic rings. The molecule has 1 heterocycles. The zero-order valence-corrected chi connectivity index (χ0v) is 15.5. The molecule has 6 heteroatoms. The van der Waals surface area contributed by atoms with Crippen molar-refractivity contribution in [3.8, 4) is 11.5 Å². The summed E-state index contributed by atoms with van der Waals surface area (Å²) in [6, 6.07) is 5.67. The molecule has 128 valence electrons. The van der Waals surface area contributed by atoms with E-state index in [2.05, 4.69) is 13.5 Å². The third kappa shape index (κ3) is 4.39. The van der Waals surface area contributed by atoms with Gasteiger partial charge in [0.25, 0.3) is 5.91 Å². The fourth-order valence-corrected chi connectivity index (χ4v) is 3.43. The van der Waals surface area contributed by atoms with Gasteiger partial charge in [-0.25, -0.2) is 0 Å². The minimum absolute atomic E-state index is 0.0887. The predicted octanol–water partition coefficient (Wildman–Crippen LogP) is 4.26. The summed E-state index contributed by atoms with van der Waals surface area (Å²) < 4.78 is 11.9. The summed E-state index contributed by atoms with van der Waals surface area (Å²) in [5.74, 6) is 1.31. The maximum Gasteiger partial charge on any atom is 0.266 e. The summed E-state index contributed by atoms with van der Waals surface area (Å²) in [7, 11) is 0. The molecule has 1 saturated heterocycles. The number of rotatable bonds is 8. The molecule has 0 radical (unpaired) electrons. The topological polar surface area (TPSA) is 38.8 Å². The summed E-state index contributed by atoms with van der Waals surface area (Å²) in [6.45, 7) is 9.25. The lowest BCUT2D eigenvalue weighted by molar-refractivity contribution is -0.121. The van der Waals surface area contributed by atoms with E-state index in [0.717, 1.165) is 17.7 Å². The van der Waals surface area contributed by atoms with E-state index in [-0.39, 0.29) is 5.91 Å². The summed E-state index contributed by atoms with van der Waals surface area (Å²) in [6.07, 6.45) is 4.42. The number of hydrogen-bond acceptors (Lipinski definition) is 5. The fourth-order valence-electron chi connectivity index (χ4n) is 2.15. The van der Waals surface area contributed by atoms with E-state index < -0.39 is 0 Å². The first-order chi connectivity index (χ1) is 11.6. The molecule has 0 N–H and O–H groups in total. The number of nitrogens with zero attached hydrogens (tertiary/aromatic N) is 1. The molecule has 0 spiro atoms. The SMILES string of the molecule is C=CCN1C(=O)/C(=C\c2ccc(OCCC)c(OCC)c2)SC1=S. The minimum Gasteiger partial charge on any atom is -0.490 e. The van der Waals surface area contributed by atoms with Gasteiger partial charge in [-0.05, 0) is 37.1 Å². The van der Waals surface area contributed by atoms with Gasteiger partial charge in [0.15, 0.2) is 11.5 Å². The van der Waals surface area contributed by atoms with Crippen molar-refractivity contribution in [3.05, 3.63) is 41.3 Å². The highest BCUT2D eigenvalue weighted by atomic mass is 32.2. The van der Waals surface area contributed by atoms with E-state index in [1.165, 1.54) is 11.8 Å². The molecule has 1 amide bonds. The van der Waals surface area contributed by atoms with Crippen molar-refractivity contribution in [1.82, 2.24) is 4.90 Å². The molecular formula is C18H21NO3S2. The standard InChI is InChI=1S/C18H21NO3S2/c1-4-9-19-17(20)16(24-18(19)23)12-13-7-8-14(22-10-5-2)15(11-13)21-6-3/h4,7-8,11-12H,1,5-6,9-10H2,2-3H3/b16-12+. The molecule has 1 fully saturated rings. The fraction of sp³-hybridized carbons (Fsp3) is 0.333. The van der Waals surface area contributed by atoms with E-state index in [9.17, 15) is 4.79 Å². The highest BCUT2D eigenvalue weighted by Gasteiger charge is 2.30. The zero-order chi connectivity index (χ0) is 17.5. The number of carbonyl (C=O) groups is 1. The molecule has 0 aromatic heterocycles. The monoisotopic (exact) mass is 363 g/mol. The van der Waals surface area contributed by atoms with Crippen LogP contribution in [-0.2, 0) is 4.79 Å². The van der Waals surface area contributed by atoms with Crippen molar-refractivity contribution < 1.29 is 14.3 Å². The van der Waals surface area contributed by atoms with Gasteiger partial charge >= 0.3 is 0 Å². The van der Waals surface area contributed by atoms with Crippen molar-refractivity contribution >= 4 is 40.3 Å². The van der Waals surface area contributed by atoms with E-state index in [1.54, 1.807) is 11.0 Å². The first kappa shape index (κ1) is 18.5. The second-order valence-corrected chi connectivity index (χ2v) is 6.74. The van der Waals surface area contributed by atoms with Crippen LogP contribution in [0.2, 0.25) is 0 Å². The summed E-state index contributed by atoms with van der Waals surface area (Å²) >= 11 is 6.55. The minimum atomic E-state index is -0.0887. The van der Waals surface area contributed by atoms with Crippen LogP contribution >= 0.6 is 24.0 Å². The van der Waals surface area contributed by atoms with Crippen LogP contribution in [-0.4, -0.2) is 34.9 Å². The number of thiocarbonyl (C=S) groups is 1. The third-order valence-corrected chi connectivity index (χ3v) is 4.59. The molecule has 1 aliphatic heterocycles. The Morgan fingerprint density at radius 3 is 2.75 bits per heavy atom. The highest BCUT2D eigenvalue weighted by molar-refractivity contribution is 8.26. The van der Waals surface area contributed by atoms with Crippen LogP contribution in [0.3, 0.4) is 0 Å². The van der Waals surface area contributed by atoms with Gasteiger partial charge in [0.05, 0.1) is 18.1 Å². The van der Waals surface area contributed by atoms with Crippen LogP contribution in [0, 0.1) is 0 Å². The van der Waals surface area contributed by atoms with Gasteiger partial charge in [0.2, 0.25) is 0 Å². The number of thioether (sulfide) groups is 1. The largest absolute Gasteiger partial charge is 0.490 e. The Hall–Kier alpha value is -1.79. The first-order valence-electron chi connectivity index (χ1n) is 7.86. The highest BCUT2D eigenvalue weighted by Crippen LogP contribution is 2.34. The van der Waals surface area contributed by atoms with Crippen molar-refractivity contribution in [1.29, 1.82) is 0 Å². The lowest BCUT2D eigenvalue weighted by atomic mass is 10.2. The van der Waals surface area contributed by atoms with Crippen LogP contribution in [0.25, 0.3) is 6.08 Å². The molecule has 0 saturated carbocycles. The molecule has 2 rings (SSSR count). The maximum absolute atomic E-state index is 12.4. The van der Waals surface area contributed by atoms with E-state index in [4.69, 9.17) is 21.7 Å². The van der Waals surface area contributed by atoms with Gasteiger partial charge in [-0.2, -0.15) is 0 Å².